The van der Waals surface area contributed by atoms with E-state index in [4.69, 9.17) is 14.7 Å². The summed E-state index contributed by atoms with van der Waals surface area (Å²) in [4.78, 5) is 13.4. The van der Waals surface area contributed by atoms with Gasteiger partial charge in [0.1, 0.15) is 11.5 Å². The molecule has 0 bridgehead atoms. The Hall–Kier alpha value is -1.65. The van der Waals surface area contributed by atoms with Gasteiger partial charge < -0.3 is 9.64 Å². The van der Waals surface area contributed by atoms with Crippen LogP contribution in [0.4, 0.5) is 0 Å². The fraction of sp³-hybridized carbons (Fsp3) is 0.368. The maximum absolute atomic E-state index is 5.56. The van der Waals surface area contributed by atoms with Crippen LogP contribution < -0.4 is 5.01 Å². The summed E-state index contributed by atoms with van der Waals surface area (Å²) < 4.78 is 8.92. The van der Waals surface area contributed by atoms with Crippen LogP contribution in [-0.2, 0) is 17.7 Å². The molecular formula is C19H20IN5OS. The number of aromatic nitrogens is 3. The minimum atomic E-state index is 0.766. The number of aryl methyl sites for hydroxylation is 1. The van der Waals surface area contributed by atoms with Crippen molar-refractivity contribution in [3.8, 4) is 0 Å². The Bertz CT molecular complexity index is 1020. The number of halogens is 1. The maximum atomic E-state index is 5.56. The molecule has 8 heteroatoms. The van der Waals surface area contributed by atoms with Crippen LogP contribution in [0.5, 0.6) is 0 Å². The fourth-order valence-corrected chi connectivity index (χ4v) is 5.59. The van der Waals surface area contributed by atoms with Crippen molar-refractivity contribution in [2.75, 3.05) is 31.3 Å². The van der Waals surface area contributed by atoms with E-state index < -0.39 is 0 Å². The average Bonchev–Trinajstić information content (AvgIpc) is 3.27. The summed E-state index contributed by atoms with van der Waals surface area (Å²) in [6, 6.07) is 8.36. The number of fused-ring (bicyclic) bond motifs is 2. The number of imidazole rings is 1. The molecule has 1 saturated heterocycles. The number of benzene rings is 1. The molecule has 0 radical (unpaired) electrons. The van der Waals surface area contributed by atoms with E-state index in [1.165, 1.54) is 10.6 Å². The quantitative estimate of drug-likeness (QED) is 0.524. The van der Waals surface area contributed by atoms with Crippen molar-refractivity contribution >= 4 is 50.7 Å². The van der Waals surface area contributed by atoms with E-state index in [9.17, 15) is 0 Å². The van der Waals surface area contributed by atoms with Crippen LogP contribution in [0.25, 0.3) is 16.7 Å². The molecule has 0 spiro atoms. The normalized spacial score (nSPS) is 17.3. The highest BCUT2D eigenvalue weighted by Gasteiger charge is 2.28. The van der Waals surface area contributed by atoms with Gasteiger partial charge in [0.2, 0.25) is 0 Å². The molecule has 3 aromatic rings. The second-order valence-corrected chi connectivity index (χ2v) is 9.47. The van der Waals surface area contributed by atoms with Crippen LogP contribution >= 0.6 is 33.9 Å². The lowest BCUT2D eigenvalue weighted by Gasteiger charge is -2.35. The number of thiazole rings is 1. The zero-order chi connectivity index (χ0) is 18.4. The van der Waals surface area contributed by atoms with Gasteiger partial charge in [0.25, 0.3) is 0 Å². The number of para-hydroxylation sites is 2. The first-order valence-corrected chi connectivity index (χ1v) is 11.1. The van der Waals surface area contributed by atoms with Gasteiger partial charge in [-0.1, -0.05) is 19.1 Å². The molecule has 0 aliphatic carbocycles. The molecule has 1 fully saturated rings. The highest BCUT2D eigenvalue weighted by molar-refractivity contribution is 14.1. The highest BCUT2D eigenvalue weighted by atomic mass is 127. The molecule has 0 saturated carbocycles. The van der Waals surface area contributed by atoms with Gasteiger partial charge in [-0.15, -0.1) is 11.3 Å². The van der Waals surface area contributed by atoms with Crippen molar-refractivity contribution < 1.29 is 4.74 Å². The van der Waals surface area contributed by atoms with Crippen LogP contribution in [0.15, 0.2) is 30.5 Å². The molecule has 4 heterocycles. The Kier molecular flexibility index (Phi) is 4.57. The fourth-order valence-electron chi connectivity index (χ4n) is 3.77. The molecule has 5 rings (SSSR count). The van der Waals surface area contributed by atoms with Gasteiger partial charge in [-0.3, -0.25) is 5.01 Å². The predicted molar refractivity (Wildman–Crippen MR) is 116 cm³/mol. The SMILES string of the molecule is CCc1nc2ccccc2n1N1C=C(N2CCOCC2)c2nc(I)sc2C1. The van der Waals surface area contributed by atoms with E-state index in [0.29, 0.717) is 0 Å². The van der Waals surface area contributed by atoms with Gasteiger partial charge in [0, 0.05) is 25.7 Å². The zero-order valence-corrected chi connectivity index (χ0v) is 18.0. The third kappa shape index (κ3) is 3.03. The van der Waals surface area contributed by atoms with Crippen molar-refractivity contribution in [1.82, 2.24) is 19.5 Å². The number of hydrogen-bond acceptors (Lipinski definition) is 6. The largest absolute Gasteiger partial charge is 0.378 e. The molecule has 0 unspecified atom stereocenters. The number of rotatable bonds is 3. The highest BCUT2D eigenvalue weighted by Crippen LogP contribution is 2.34. The van der Waals surface area contributed by atoms with Gasteiger partial charge in [-0.2, -0.15) is 0 Å². The second-order valence-electron chi connectivity index (χ2n) is 6.63. The van der Waals surface area contributed by atoms with Gasteiger partial charge in [-0.25, -0.2) is 14.6 Å². The lowest BCUT2D eigenvalue weighted by molar-refractivity contribution is 0.0636. The lowest BCUT2D eigenvalue weighted by atomic mass is 10.2. The summed E-state index contributed by atoms with van der Waals surface area (Å²) >= 11 is 4.11. The van der Waals surface area contributed by atoms with Gasteiger partial charge in [-0.05, 0) is 34.7 Å². The third-order valence-corrected chi connectivity index (χ3v) is 6.75. The molecule has 0 amide bonds. The molecule has 140 valence electrons. The molecule has 27 heavy (non-hydrogen) atoms. The van der Waals surface area contributed by atoms with E-state index in [1.54, 1.807) is 11.3 Å². The average molecular weight is 493 g/mol. The summed E-state index contributed by atoms with van der Waals surface area (Å²) in [5.74, 6) is 1.08. The predicted octanol–water partition coefficient (Wildman–Crippen LogP) is 3.44. The Morgan fingerprint density at radius 1 is 1.19 bits per heavy atom. The van der Waals surface area contributed by atoms with E-state index in [0.717, 1.165) is 64.8 Å². The summed E-state index contributed by atoms with van der Waals surface area (Å²) in [5, 5.41) is 2.30. The lowest BCUT2D eigenvalue weighted by Crippen LogP contribution is -2.39. The smallest absolute Gasteiger partial charge is 0.154 e. The van der Waals surface area contributed by atoms with Crippen molar-refractivity contribution in [1.29, 1.82) is 0 Å². The minimum Gasteiger partial charge on any atom is -0.378 e. The monoisotopic (exact) mass is 493 g/mol. The topological polar surface area (TPSA) is 46.4 Å². The van der Waals surface area contributed by atoms with E-state index in [2.05, 4.69) is 68.5 Å². The van der Waals surface area contributed by atoms with Crippen LogP contribution in [-0.4, -0.2) is 45.8 Å². The van der Waals surface area contributed by atoms with E-state index >= 15 is 0 Å². The summed E-state index contributed by atoms with van der Waals surface area (Å²) in [6.45, 7) is 6.31. The summed E-state index contributed by atoms with van der Waals surface area (Å²) in [6.07, 6.45) is 3.13. The molecule has 0 N–H and O–H groups in total. The molecule has 2 aliphatic rings. The Morgan fingerprint density at radius 3 is 2.81 bits per heavy atom. The molecule has 0 atom stereocenters. The molecule has 1 aromatic carbocycles. The molecule has 2 aliphatic heterocycles. The summed E-state index contributed by atoms with van der Waals surface area (Å²) in [7, 11) is 0. The number of morpholine rings is 1. The first kappa shape index (κ1) is 17.4. The van der Waals surface area contributed by atoms with E-state index in [1.807, 2.05) is 6.07 Å². The van der Waals surface area contributed by atoms with Gasteiger partial charge >= 0.3 is 0 Å². The van der Waals surface area contributed by atoms with Crippen LogP contribution in [0.2, 0.25) is 0 Å². The van der Waals surface area contributed by atoms with Crippen molar-refractivity contribution in [3.63, 3.8) is 0 Å². The number of ether oxygens (including phenoxy) is 1. The van der Waals surface area contributed by atoms with Crippen LogP contribution in [0.1, 0.15) is 23.3 Å². The van der Waals surface area contributed by atoms with Crippen LogP contribution in [0.3, 0.4) is 0 Å². The zero-order valence-electron chi connectivity index (χ0n) is 15.1. The maximum Gasteiger partial charge on any atom is 0.154 e. The van der Waals surface area contributed by atoms with Crippen molar-refractivity contribution in [2.45, 2.75) is 19.9 Å². The third-order valence-electron chi connectivity index (χ3n) is 5.02. The van der Waals surface area contributed by atoms with Crippen molar-refractivity contribution in [3.05, 3.63) is 49.9 Å². The molecule has 2 aromatic heterocycles. The molecule has 6 nitrogen and oxygen atoms in total. The van der Waals surface area contributed by atoms with Gasteiger partial charge in [0.15, 0.2) is 3.01 Å². The second kappa shape index (κ2) is 7.06. The first-order valence-electron chi connectivity index (χ1n) is 9.18. The summed E-state index contributed by atoms with van der Waals surface area (Å²) in [5.41, 5.74) is 4.51. The minimum absolute atomic E-state index is 0.766. The van der Waals surface area contributed by atoms with E-state index in [-0.39, 0.29) is 0 Å². The Balaban J connectivity index is 1.65. The van der Waals surface area contributed by atoms with Crippen molar-refractivity contribution in [2.24, 2.45) is 0 Å². The standard InChI is InChI=1S/C19H20IN5OS/c1-2-17-21-13-5-3-4-6-14(13)25(17)24-11-15(23-7-9-26-10-8-23)18-16(12-24)27-19(20)22-18/h3-6,11H,2,7-10,12H2,1H3. The Morgan fingerprint density at radius 2 is 2.00 bits per heavy atom. The number of hydrogen-bond donors (Lipinski definition) is 0. The Labute approximate surface area is 175 Å². The first-order chi connectivity index (χ1) is 13.2. The molecular weight excluding hydrogens is 473 g/mol. The number of nitrogens with zero attached hydrogens (tertiary/aromatic N) is 5. The van der Waals surface area contributed by atoms with Gasteiger partial charge in [0.05, 0.1) is 41.4 Å². The van der Waals surface area contributed by atoms with Crippen LogP contribution in [0, 0.1) is 3.01 Å².